The van der Waals surface area contributed by atoms with Crippen molar-refractivity contribution in [2.75, 3.05) is 20.1 Å². The van der Waals surface area contributed by atoms with E-state index >= 15 is 0 Å². The minimum Gasteiger partial charge on any atom is -0.486 e. The number of amides is 1. The summed E-state index contributed by atoms with van der Waals surface area (Å²) in [5.41, 5.74) is 2.61. The van der Waals surface area contributed by atoms with Crippen molar-refractivity contribution in [2.45, 2.75) is 18.7 Å². The monoisotopic (exact) mass is 389 g/mol. The number of carbonyl (C=O) groups is 1. The van der Waals surface area contributed by atoms with Crippen molar-refractivity contribution in [3.8, 4) is 16.9 Å². The van der Waals surface area contributed by atoms with E-state index < -0.39 is 0 Å². The first-order valence-electron chi connectivity index (χ1n) is 9.77. The van der Waals surface area contributed by atoms with Gasteiger partial charge in [0.1, 0.15) is 17.7 Å². The Labute approximate surface area is 169 Å². The van der Waals surface area contributed by atoms with Gasteiger partial charge in [-0.15, -0.1) is 0 Å². The van der Waals surface area contributed by atoms with Crippen LogP contribution < -0.4 is 4.74 Å². The van der Waals surface area contributed by atoms with Crippen LogP contribution in [0.2, 0.25) is 0 Å². The van der Waals surface area contributed by atoms with Crippen LogP contribution in [-0.4, -0.2) is 62.5 Å². The van der Waals surface area contributed by atoms with Gasteiger partial charge in [-0.1, -0.05) is 12.1 Å². The van der Waals surface area contributed by atoms with E-state index in [2.05, 4.69) is 14.9 Å². The van der Waals surface area contributed by atoms with Crippen LogP contribution >= 0.6 is 0 Å². The van der Waals surface area contributed by atoms with E-state index in [9.17, 15) is 4.79 Å². The molecular formula is C22H23N5O2. The zero-order valence-electron chi connectivity index (χ0n) is 16.5. The zero-order chi connectivity index (χ0) is 20.0. The molecule has 3 aromatic rings. The van der Waals surface area contributed by atoms with Crippen LogP contribution in [-0.2, 0) is 13.6 Å². The number of benzene rings is 1. The molecular weight excluding hydrogens is 366 g/mol. The number of imidazole rings is 1. The Morgan fingerprint density at radius 2 is 2.03 bits per heavy atom. The SMILES string of the molecule is CN1C(=O)c2ccc(-c3cccnc3)cc2OC2CN(Cc3nccn3C)CC21. The highest BCUT2D eigenvalue weighted by Gasteiger charge is 2.42. The summed E-state index contributed by atoms with van der Waals surface area (Å²) in [6, 6.07) is 9.71. The summed E-state index contributed by atoms with van der Waals surface area (Å²) in [4.78, 5) is 25.9. The first kappa shape index (κ1) is 17.9. The standard InChI is InChI=1S/C22H23N5O2/c1-25-9-8-24-21(25)14-27-12-18-20(13-27)29-19-10-15(16-4-3-7-23-11-16)5-6-17(19)22(28)26(18)2/h3-11,18,20H,12-14H2,1-2H3. The Hall–Kier alpha value is -3.19. The second kappa shape index (κ2) is 7.00. The number of likely N-dealkylation sites (tertiary alicyclic amines) is 1. The third kappa shape index (κ3) is 3.17. The summed E-state index contributed by atoms with van der Waals surface area (Å²) in [7, 11) is 3.87. The summed E-state index contributed by atoms with van der Waals surface area (Å²) in [6.07, 6.45) is 7.26. The largest absolute Gasteiger partial charge is 0.486 e. The maximum atomic E-state index is 13.1. The second-order valence-electron chi connectivity index (χ2n) is 7.74. The van der Waals surface area contributed by atoms with Gasteiger partial charge in [-0.2, -0.15) is 0 Å². The van der Waals surface area contributed by atoms with E-state index in [1.165, 1.54) is 0 Å². The Bertz CT molecular complexity index is 1050. The Balaban J connectivity index is 1.43. The summed E-state index contributed by atoms with van der Waals surface area (Å²) < 4.78 is 8.44. The Morgan fingerprint density at radius 1 is 1.14 bits per heavy atom. The number of hydrogen-bond acceptors (Lipinski definition) is 5. The molecule has 0 N–H and O–H groups in total. The summed E-state index contributed by atoms with van der Waals surface area (Å²) in [5.74, 6) is 1.66. The van der Waals surface area contributed by atoms with Gasteiger partial charge in [0.15, 0.2) is 0 Å². The van der Waals surface area contributed by atoms with Crippen LogP contribution in [0, 0.1) is 0 Å². The van der Waals surface area contributed by atoms with Crippen LogP contribution in [0.25, 0.3) is 11.1 Å². The van der Waals surface area contributed by atoms with Gasteiger partial charge >= 0.3 is 0 Å². The number of carbonyl (C=O) groups excluding carboxylic acids is 1. The molecule has 0 saturated carbocycles. The van der Waals surface area contributed by atoms with E-state index in [4.69, 9.17) is 4.74 Å². The molecule has 0 spiro atoms. The highest BCUT2D eigenvalue weighted by Crippen LogP contribution is 2.34. The van der Waals surface area contributed by atoms with Crippen molar-refractivity contribution in [2.24, 2.45) is 7.05 Å². The highest BCUT2D eigenvalue weighted by molar-refractivity contribution is 5.98. The molecule has 2 aromatic heterocycles. The summed E-state index contributed by atoms with van der Waals surface area (Å²) in [5, 5.41) is 0. The molecule has 4 heterocycles. The number of pyridine rings is 1. The fourth-order valence-electron chi connectivity index (χ4n) is 4.21. The maximum absolute atomic E-state index is 13.1. The fourth-order valence-corrected chi connectivity index (χ4v) is 4.21. The lowest BCUT2D eigenvalue weighted by Crippen LogP contribution is -2.44. The quantitative estimate of drug-likeness (QED) is 0.687. The number of ether oxygens (including phenoxy) is 1. The lowest BCUT2D eigenvalue weighted by Gasteiger charge is -2.25. The van der Waals surface area contributed by atoms with Gasteiger partial charge in [0, 0.05) is 57.5 Å². The minimum atomic E-state index is -0.0744. The molecule has 0 bridgehead atoms. The molecule has 29 heavy (non-hydrogen) atoms. The molecule has 7 nitrogen and oxygen atoms in total. The van der Waals surface area contributed by atoms with E-state index in [0.29, 0.717) is 11.3 Å². The summed E-state index contributed by atoms with van der Waals surface area (Å²) >= 11 is 0. The molecule has 0 aliphatic carbocycles. The predicted octanol–water partition coefficient (Wildman–Crippen LogP) is 2.20. The highest BCUT2D eigenvalue weighted by atomic mass is 16.5. The van der Waals surface area contributed by atoms with Crippen molar-refractivity contribution in [1.29, 1.82) is 0 Å². The average Bonchev–Trinajstić information content (AvgIpc) is 3.31. The average molecular weight is 389 g/mol. The van der Waals surface area contributed by atoms with E-state index in [1.54, 1.807) is 6.20 Å². The normalized spacial score (nSPS) is 21.4. The van der Waals surface area contributed by atoms with Gasteiger partial charge in [0.2, 0.25) is 0 Å². The molecule has 1 aromatic carbocycles. The molecule has 0 radical (unpaired) electrons. The number of aryl methyl sites for hydroxylation is 1. The van der Waals surface area contributed by atoms with Gasteiger partial charge in [-0.05, 0) is 23.8 Å². The molecule has 148 valence electrons. The molecule has 2 atom stereocenters. The molecule has 2 aliphatic rings. The van der Waals surface area contributed by atoms with Gasteiger partial charge in [0.25, 0.3) is 5.91 Å². The molecule has 2 aliphatic heterocycles. The van der Waals surface area contributed by atoms with Gasteiger partial charge in [-0.3, -0.25) is 14.7 Å². The predicted molar refractivity (Wildman–Crippen MR) is 108 cm³/mol. The number of fused-ring (bicyclic) bond motifs is 2. The number of aromatic nitrogens is 3. The van der Waals surface area contributed by atoms with Crippen molar-refractivity contribution >= 4 is 5.91 Å². The van der Waals surface area contributed by atoms with Crippen LogP contribution in [0.1, 0.15) is 16.2 Å². The van der Waals surface area contributed by atoms with Gasteiger partial charge in [0.05, 0.1) is 18.2 Å². The molecule has 1 saturated heterocycles. The van der Waals surface area contributed by atoms with Crippen molar-refractivity contribution < 1.29 is 9.53 Å². The van der Waals surface area contributed by atoms with Crippen molar-refractivity contribution in [3.63, 3.8) is 0 Å². The Kier molecular flexibility index (Phi) is 4.32. The van der Waals surface area contributed by atoms with E-state index in [-0.39, 0.29) is 18.1 Å². The Morgan fingerprint density at radius 3 is 2.79 bits per heavy atom. The third-order valence-electron chi connectivity index (χ3n) is 5.90. The van der Waals surface area contributed by atoms with Gasteiger partial charge < -0.3 is 14.2 Å². The smallest absolute Gasteiger partial charge is 0.257 e. The second-order valence-corrected chi connectivity index (χ2v) is 7.74. The van der Waals surface area contributed by atoms with Crippen molar-refractivity contribution in [3.05, 3.63) is 66.5 Å². The molecule has 7 heteroatoms. The first-order valence-corrected chi connectivity index (χ1v) is 9.77. The number of rotatable bonds is 3. The van der Waals surface area contributed by atoms with Crippen molar-refractivity contribution in [1.82, 2.24) is 24.3 Å². The van der Waals surface area contributed by atoms with E-state index in [1.807, 2.05) is 72.5 Å². The lowest BCUT2D eigenvalue weighted by molar-refractivity contribution is 0.0682. The molecule has 1 amide bonds. The first-order chi connectivity index (χ1) is 14.1. The molecule has 1 fully saturated rings. The molecule has 2 unspecified atom stereocenters. The molecule has 5 rings (SSSR count). The van der Waals surface area contributed by atoms with E-state index in [0.717, 1.165) is 36.6 Å². The summed E-state index contributed by atoms with van der Waals surface area (Å²) in [6.45, 7) is 2.26. The fraction of sp³-hybridized carbons (Fsp3) is 0.318. The number of nitrogens with zero attached hydrogens (tertiary/aromatic N) is 5. The van der Waals surface area contributed by atoms with Crippen LogP contribution in [0.15, 0.2) is 55.1 Å². The minimum absolute atomic E-state index is 0.00378. The lowest BCUT2D eigenvalue weighted by atomic mass is 10.0. The number of likely N-dealkylation sites (N-methyl/N-ethyl adjacent to an activating group) is 1. The topological polar surface area (TPSA) is 63.5 Å². The zero-order valence-corrected chi connectivity index (χ0v) is 16.5. The van der Waals surface area contributed by atoms with Crippen LogP contribution in [0.3, 0.4) is 0 Å². The van der Waals surface area contributed by atoms with Crippen LogP contribution in [0.4, 0.5) is 0 Å². The third-order valence-corrected chi connectivity index (χ3v) is 5.90. The van der Waals surface area contributed by atoms with Gasteiger partial charge in [-0.25, -0.2) is 4.98 Å². The van der Waals surface area contributed by atoms with Crippen LogP contribution in [0.5, 0.6) is 5.75 Å². The maximum Gasteiger partial charge on any atom is 0.257 e. The number of hydrogen-bond donors (Lipinski definition) is 0.